The molecular weight excluding hydrogens is 251 g/mol. The number of halogens is 1. The van der Waals surface area contributed by atoms with E-state index >= 15 is 0 Å². The third-order valence-corrected chi connectivity index (χ3v) is 3.42. The molecule has 20 heavy (non-hydrogen) atoms. The van der Waals surface area contributed by atoms with Gasteiger partial charge in [-0.3, -0.25) is 4.98 Å². The van der Waals surface area contributed by atoms with Gasteiger partial charge in [-0.15, -0.1) is 0 Å². The Hall–Kier alpha value is -2.26. The Kier molecular flexibility index (Phi) is 3.44. The second-order valence-electron chi connectivity index (χ2n) is 4.67. The van der Waals surface area contributed by atoms with Crippen molar-refractivity contribution in [2.24, 2.45) is 0 Å². The maximum absolute atomic E-state index is 14.0. The molecule has 0 amide bonds. The number of aromatic nitrogens is 1. The highest BCUT2D eigenvalue weighted by molar-refractivity contribution is 5.78. The molecule has 0 spiro atoms. The summed E-state index contributed by atoms with van der Waals surface area (Å²) in [4.78, 5) is 4.63. The van der Waals surface area contributed by atoms with Crippen LogP contribution in [-0.2, 0) is 0 Å². The van der Waals surface area contributed by atoms with E-state index in [-0.39, 0.29) is 11.9 Å². The van der Waals surface area contributed by atoms with Gasteiger partial charge in [0.1, 0.15) is 5.82 Å². The lowest BCUT2D eigenvalue weighted by Crippen LogP contribution is -2.20. The number of para-hydroxylation sites is 1. The van der Waals surface area contributed by atoms with Crippen molar-refractivity contribution in [1.29, 1.82) is 0 Å². The Bertz CT molecular complexity index is 740. The molecule has 2 aromatic carbocycles. The second-order valence-corrected chi connectivity index (χ2v) is 4.67. The lowest BCUT2D eigenvalue weighted by molar-refractivity contribution is 0.571. The molecule has 0 bridgehead atoms. The summed E-state index contributed by atoms with van der Waals surface area (Å²) in [6, 6.07) is 18.4. The van der Waals surface area contributed by atoms with E-state index in [9.17, 15) is 4.39 Å². The predicted octanol–water partition coefficient (Wildman–Crippen LogP) is 3.68. The smallest absolute Gasteiger partial charge is 0.128 e. The fourth-order valence-electron chi connectivity index (χ4n) is 2.41. The fourth-order valence-corrected chi connectivity index (χ4v) is 2.41. The normalized spacial score (nSPS) is 12.5. The molecule has 0 saturated heterocycles. The Labute approximate surface area is 117 Å². The van der Waals surface area contributed by atoms with Gasteiger partial charge in [-0.2, -0.15) is 0 Å². The maximum Gasteiger partial charge on any atom is 0.128 e. The van der Waals surface area contributed by atoms with Gasteiger partial charge >= 0.3 is 0 Å². The molecule has 3 heteroatoms. The van der Waals surface area contributed by atoms with Crippen molar-refractivity contribution in [2.45, 2.75) is 6.04 Å². The van der Waals surface area contributed by atoms with Crippen LogP contribution in [-0.4, -0.2) is 12.0 Å². The van der Waals surface area contributed by atoms with E-state index in [1.54, 1.807) is 12.1 Å². The summed E-state index contributed by atoms with van der Waals surface area (Å²) >= 11 is 0. The van der Waals surface area contributed by atoms with Crippen LogP contribution in [0.1, 0.15) is 17.3 Å². The lowest BCUT2D eigenvalue weighted by Gasteiger charge is -2.17. The quantitative estimate of drug-likeness (QED) is 0.782. The monoisotopic (exact) mass is 266 g/mol. The summed E-state index contributed by atoms with van der Waals surface area (Å²) in [5.41, 5.74) is 2.34. The lowest BCUT2D eigenvalue weighted by atomic mass is 10.0. The second kappa shape index (κ2) is 5.39. The summed E-state index contributed by atoms with van der Waals surface area (Å²) in [7, 11) is 1.81. The van der Waals surface area contributed by atoms with Crippen molar-refractivity contribution in [2.75, 3.05) is 7.05 Å². The van der Waals surface area contributed by atoms with Crippen LogP contribution in [0.4, 0.5) is 4.39 Å². The molecule has 100 valence electrons. The predicted molar refractivity (Wildman–Crippen MR) is 79.0 cm³/mol. The van der Waals surface area contributed by atoms with E-state index in [1.807, 2.05) is 49.5 Å². The van der Waals surface area contributed by atoms with Crippen molar-refractivity contribution >= 4 is 10.9 Å². The maximum atomic E-state index is 14.0. The molecule has 0 aliphatic rings. The van der Waals surface area contributed by atoms with Gasteiger partial charge in [0, 0.05) is 10.9 Å². The number of nitrogens with one attached hydrogen (secondary N) is 1. The van der Waals surface area contributed by atoms with E-state index in [1.165, 1.54) is 6.07 Å². The van der Waals surface area contributed by atoms with E-state index in [4.69, 9.17) is 0 Å². The standard InChI is InChI=1S/C17H15FN2/c1-19-17(13-7-3-4-8-14(13)18)16-11-10-12-6-2-5-9-15(12)20-16/h2-11,17,19H,1H3. The summed E-state index contributed by atoms with van der Waals surface area (Å²) < 4.78 is 14.0. The Morgan fingerprint density at radius 1 is 0.950 bits per heavy atom. The first-order valence-corrected chi connectivity index (χ1v) is 6.57. The summed E-state index contributed by atoms with van der Waals surface area (Å²) in [6.07, 6.45) is 0. The van der Waals surface area contributed by atoms with Crippen molar-refractivity contribution in [3.05, 3.63) is 77.7 Å². The van der Waals surface area contributed by atoms with Crippen LogP contribution in [0.5, 0.6) is 0 Å². The van der Waals surface area contributed by atoms with Crippen molar-refractivity contribution in [1.82, 2.24) is 10.3 Å². The first-order valence-electron chi connectivity index (χ1n) is 6.57. The van der Waals surface area contributed by atoms with E-state index < -0.39 is 0 Å². The molecule has 1 heterocycles. The van der Waals surface area contributed by atoms with Crippen LogP contribution in [0, 0.1) is 5.82 Å². The average Bonchev–Trinajstić information content (AvgIpc) is 2.50. The topological polar surface area (TPSA) is 24.9 Å². The molecule has 0 aliphatic heterocycles. The largest absolute Gasteiger partial charge is 0.308 e. The number of pyridine rings is 1. The van der Waals surface area contributed by atoms with Crippen molar-refractivity contribution < 1.29 is 4.39 Å². The van der Waals surface area contributed by atoms with Gasteiger partial charge in [0.05, 0.1) is 17.3 Å². The number of hydrogen-bond acceptors (Lipinski definition) is 2. The zero-order valence-corrected chi connectivity index (χ0v) is 11.2. The molecular formula is C17H15FN2. The van der Waals surface area contributed by atoms with Crippen LogP contribution >= 0.6 is 0 Å². The molecule has 0 fully saturated rings. The number of fused-ring (bicyclic) bond motifs is 1. The molecule has 1 unspecified atom stereocenters. The van der Waals surface area contributed by atoms with Gasteiger partial charge in [-0.05, 0) is 25.2 Å². The van der Waals surface area contributed by atoms with Gasteiger partial charge in [0.15, 0.2) is 0 Å². The van der Waals surface area contributed by atoms with Gasteiger partial charge in [0.2, 0.25) is 0 Å². The summed E-state index contributed by atoms with van der Waals surface area (Å²) in [5, 5.41) is 4.22. The number of benzene rings is 2. The minimum absolute atomic E-state index is 0.221. The Morgan fingerprint density at radius 2 is 1.70 bits per heavy atom. The van der Waals surface area contributed by atoms with Gasteiger partial charge < -0.3 is 5.32 Å². The van der Waals surface area contributed by atoms with E-state index in [0.29, 0.717) is 5.56 Å². The third-order valence-electron chi connectivity index (χ3n) is 3.42. The highest BCUT2D eigenvalue weighted by Crippen LogP contribution is 2.24. The molecule has 3 rings (SSSR count). The van der Waals surface area contributed by atoms with E-state index in [2.05, 4.69) is 10.3 Å². The first-order chi connectivity index (χ1) is 9.79. The van der Waals surface area contributed by atoms with Gasteiger partial charge in [-0.1, -0.05) is 42.5 Å². The van der Waals surface area contributed by atoms with Crippen LogP contribution in [0.25, 0.3) is 10.9 Å². The van der Waals surface area contributed by atoms with Gasteiger partial charge in [0.25, 0.3) is 0 Å². The Balaban J connectivity index is 2.10. The molecule has 0 aliphatic carbocycles. The van der Waals surface area contributed by atoms with Crippen LogP contribution in [0.15, 0.2) is 60.7 Å². The minimum atomic E-state index is -0.249. The summed E-state index contributed by atoms with van der Waals surface area (Å²) in [5.74, 6) is -0.221. The Morgan fingerprint density at radius 3 is 2.50 bits per heavy atom. The zero-order valence-electron chi connectivity index (χ0n) is 11.2. The van der Waals surface area contributed by atoms with Crippen LogP contribution in [0.3, 0.4) is 0 Å². The van der Waals surface area contributed by atoms with Crippen LogP contribution < -0.4 is 5.32 Å². The average molecular weight is 266 g/mol. The van der Waals surface area contributed by atoms with Crippen molar-refractivity contribution in [3.63, 3.8) is 0 Å². The van der Waals surface area contributed by atoms with Gasteiger partial charge in [-0.25, -0.2) is 4.39 Å². The molecule has 0 saturated carbocycles. The SMILES string of the molecule is CNC(c1ccc2ccccc2n1)c1ccccc1F. The zero-order chi connectivity index (χ0) is 13.9. The van der Waals surface area contributed by atoms with Crippen molar-refractivity contribution in [3.8, 4) is 0 Å². The van der Waals surface area contributed by atoms with E-state index in [0.717, 1.165) is 16.6 Å². The number of rotatable bonds is 3. The summed E-state index contributed by atoms with van der Waals surface area (Å²) in [6.45, 7) is 0. The molecule has 2 nitrogen and oxygen atoms in total. The molecule has 1 atom stereocenters. The third kappa shape index (κ3) is 2.28. The number of nitrogens with zero attached hydrogens (tertiary/aromatic N) is 1. The fraction of sp³-hybridized carbons (Fsp3) is 0.118. The van der Waals surface area contributed by atoms with Crippen LogP contribution in [0.2, 0.25) is 0 Å². The highest BCUT2D eigenvalue weighted by atomic mass is 19.1. The molecule has 3 aromatic rings. The highest BCUT2D eigenvalue weighted by Gasteiger charge is 2.17. The molecule has 1 N–H and O–H groups in total. The first kappa shape index (κ1) is 12.8. The minimum Gasteiger partial charge on any atom is -0.308 e. The molecule has 1 aromatic heterocycles. The number of hydrogen-bond donors (Lipinski definition) is 1. The molecule has 0 radical (unpaired) electrons.